The van der Waals surface area contributed by atoms with E-state index in [4.69, 9.17) is 0 Å². The van der Waals surface area contributed by atoms with Gasteiger partial charge in [-0.2, -0.15) is 0 Å². The number of nitrogens with zero attached hydrogens (tertiary/aromatic N) is 5. The van der Waals surface area contributed by atoms with Gasteiger partial charge < -0.3 is 4.90 Å². The Balaban J connectivity index is 1.65. The van der Waals surface area contributed by atoms with Crippen molar-refractivity contribution in [1.29, 1.82) is 0 Å². The van der Waals surface area contributed by atoms with Crippen LogP contribution < -0.4 is 0 Å². The van der Waals surface area contributed by atoms with Crippen molar-refractivity contribution in [2.45, 2.75) is 51.2 Å². The molecule has 1 amide bonds. The first-order chi connectivity index (χ1) is 14.5. The van der Waals surface area contributed by atoms with E-state index in [0.717, 1.165) is 41.6 Å². The van der Waals surface area contributed by atoms with Crippen LogP contribution in [0.4, 0.5) is 0 Å². The number of carbonyl (C=O) groups excluding carboxylic acids is 1. The molecule has 30 heavy (non-hydrogen) atoms. The van der Waals surface area contributed by atoms with Crippen LogP contribution in [0.15, 0.2) is 47.9 Å². The monoisotopic (exact) mass is 421 g/mol. The number of pyridine rings is 1. The number of carbonyl (C=O) groups is 1. The molecule has 0 aliphatic carbocycles. The average molecular weight is 422 g/mol. The van der Waals surface area contributed by atoms with Crippen LogP contribution in [0, 0.1) is 13.8 Å². The number of aryl methyl sites for hydroxylation is 2. The third-order valence-corrected chi connectivity index (χ3v) is 6.68. The van der Waals surface area contributed by atoms with Gasteiger partial charge in [-0.25, -0.2) is 0 Å². The molecule has 0 saturated carbocycles. The summed E-state index contributed by atoms with van der Waals surface area (Å²) in [5.74, 6) is 1.29. The fourth-order valence-corrected chi connectivity index (χ4v) is 4.66. The van der Waals surface area contributed by atoms with E-state index in [9.17, 15) is 4.79 Å². The Labute approximate surface area is 181 Å². The summed E-state index contributed by atoms with van der Waals surface area (Å²) in [4.78, 5) is 19.0. The predicted molar refractivity (Wildman–Crippen MR) is 120 cm³/mol. The highest BCUT2D eigenvalue weighted by atomic mass is 32.2. The molecule has 0 unspecified atom stereocenters. The first-order valence-corrected chi connectivity index (χ1v) is 11.4. The van der Waals surface area contributed by atoms with Crippen molar-refractivity contribution in [1.82, 2.24) is 24.6 Å². The zero-order valence-electron chi connectivity index (χ0n) is 17.7. The Morgan fingerprint density at radius 2 is 1.90 bits per heavy atom. The highest BCUT2D eigenvalue weighted by Gasteiger charge is 2.24. The molecule has 0 spiro atoms. The fourth-order valence-electron chi connectivity index (χ4n) is 3.83. The van der Waals surface area contributed by atoms with E-state index in [2.05, 4.69) is 54.2 Å². The zero-order valence-corrected chi connectivity index (χ0v) is 18.5. The molecule has 3 heterocycles. The van der Waals surface area contributed by atoms with Gasteiger partial charge in [0.05, 0.1) is 11.4 Å². The summed E-state index contributed by atoms with van der Waals surface area (Å²) >= 11 is 1.45. The minimum Gasteiger partial charge on any atom is -0.339 e. The standard InChI is InChI=1S/C23H27N5OS/c1-16-7-8-20(14-17(16)2)28-22(19-9-11-24-12-10-19)25-26-23(28)30-15-21(29)27-13-5-4-6-18(27)3/h7-12,14,18H,4-6,13,15H2,1-3H3/t18-/m1/s1. The molecular formula is C23H27N5OS. The van der Waals surface area contributed by atoms with E-state index >= 15 is 0 Å². The van der Waals surface area contributed by atoms with Crippen LogP contribution in [0.3, 0.4) is 0 Å². The number of hydrogen-bond acceptors (Lipinski definition) is 5. The summed E-state index contributed by atoms with van der Waals surface area (Å²) in [5, 5.41) is 9.63. The quantitative estimate of drug-likeness (QED) is 0.570. The van der Waals surface area contributed by atoms with Crippen molar-refractivity contribution in [3.05, 3.63) is 53.9 Å². The second-order valence-corrected chi connectivity index (χ2v) is 8.81. The van der Waals surface area contributed by atoms with Gasteiger partial charge in [0.1, 0.15) is 0 Å². The first kappa shape index (κ1) is 20.6. The molecule has 1 aromatic carbocycles. The molecule has 1 saturated heterocycles. The fraction of sp³-hybridized carbons (Fsp3) is 0.391. The second kappa shape index (κ2) is 9.00. The van der Waals surface area contributed by atoms with E-state index in [1.807, 2.05) is 21.6 Å². The Bertz CT molecular complexity index is 1030. The molecule has 7 heteroatoms. The summed E-state index contributed by atoms with van der Waals surface area (Å²) in [6, 6.07) is 10.5. The zero-order chi connectivity index (χ0) is 21.1. The Morgan fingerprint density at radius 3 is 2.63 bits per heavy atom. The van der Waals surface area contributed by atoms with Crippen molar-refractivity contribution in [3.63, 3.8) is 0 Å². The third kappa shape index (κ3) is 4.26. The number of rotatable bonds is 5. The molecule has 0 N–H and O–H groups in total. The van der Waals surface area contributed by atoms with Gasteiger partial charge in [-0.05, 0) is 75.4 Å². The minimum absolute atomic E-state index is 0.173. The predicted octanol–water partition coefficient (Wildman–Crippen LogP) is 4.44. The van der Waals surface area contributed by atoms with Crippen LogP contribution in [0.5, 0.6) is 0 Å². The maximum absolute atomic E-state index is 12.8. The van der Waals surface area contributed by atoms with Crippen LogP contribution in [-0.4, -0.2) is 48.9 Å². The number of hydrogen-bond donors (Lipinski definition) is 0. The lowest BCUT2D eigenvalue weighted by Gasteiger charge is -2.33. The summed E-state index contributed by atoms with van der Waals surface area (Å²) in [6.07, 6.45) is 6.88. The van der Waals surface area contributed by atoms with Gasteiger partial charge in [0.15, 0.2) is 11.0 Å². The van der Waals surface area contributed by atoms with Gasteiger partial charge in [-0.1, -0.05) is 17.8 Å². The molecule has 156 valence electrons. The molecule has 2 aromatic heterocycles. The summed E-state index contributed by atoms with van der Waals surface area (Å²) in [6.45, 7) is 7.19. The summed E-state index contributed by atoms with van der Waals surface area (Å²) < 4.78 is 2.04. The van der Waals surface area contributed by atoms with Crippen LogP contribution in [0.2, 0.25) is 0 Å². The molecule has 6 nitrogen and oxygen atoms in total. The summed E-state index contributed by atoms with van der Waals surface area (Å²) in [5.41, 5.74) is 4.38. The minimum atomic E-state index is 0.173. The lowest BCUT2D eigenvalue weighted by molar-refractivity contribution is -0.131. The molecule has 0 bridgehead atoms. The number of thioether (sulfide) groups is 1. The molecule has 1 aliphatic rings. The molecule has 3 aromatic rings. The number of aromatic nitrogens is 4. The van der Waals surface area contributed by atoms with Gasteiger partial charge in [0.25, 0.3) is 0 Å². The van der Waals surface area contributed by atoms with Gasteiger partial charge >= 0.3 is 0 Å². The second-order valence-electron chi connectivity index (χ2n) is 7.87. The Hall–Kier alpha value is -2.67. The van der Waals surface area contributed by atoms with Gasteiger partial charge in [-0.15, -0.1) is 10.2 Å². The molecule has 1 aliphatic heterocycles. The average Bonchev–Trinajstić information content (AvgIpc) is 3.19. The van der Waals surface area contributed by atoms with E-state index < -0.39 is 0 Å². The third-order valence-electron chi connectivity index (χ3n) is 5.77. The largest absolute Gasteiger partial charge is 0.339 e. The molecule has 1 fully saturated rings. The summed E-state index contributed by atoms with van der Waals surface area (Å²) in [7, 11) is 0. The topological polar surface area (TPSA) is 63.9 Å². The Kier molecular flexibility index (Phi) is 6.18. The molecule has 1 atom stereocenters. The van der Waals surface area contributed by atoms with Crippen LogP contribution in [0.1, 0.15) is 37.3 Å². The van der Waals surface area contributed by atoms with Crippen molar-refractivity contribution in [2.75, 3.05) is 12.3 Å². The van der Waals surface area contributed by atoms with E-state index in [1.54, 1.807) is 12.4 Å². The van der Waals surface area contributed by atoms with Gasteiger partial charge in [-0.3, -0.25) is 14.3 Å². The Morgan fingerprint density at radius 1 is 1.10 bits per heavy atom. The molecule has 0 radical (unpaired) electrons. The van der Waals surface area contributed by atoms with E-state index in [-0.39, 0.29) is 5.91 Å². The molecule has 4 rings (SSSR count). The normalized spacial score (nSPS) is 16.6. The molecular weight excluding hydrogens is 394 g/mol. The van der Waals surface area contributed by atoms with E-state index in [1.165, 1.54) is 29.3 Å². The smallest absolute Gasteiger partial charge is 0.233 e. The maximum Gasteiger partial charge on any atom is 0.233 e. The highest BCUT2D eigenvalue weighted by Crippen LogP contribution is 2.29. The van der Waals surface area contributed by atoms with Gasteiger partial charge in [0, 0.05) is 30.5 Å². The van der Waals surface area contributed by atoms with Crippen LogP contribution in [-0.2, 0) is 4.79 Å². The number of amides is 1. The van der Waals surface area contributed by atoms with Crippen molar-refractivity contribution >= 4 is 17.7 Å². The van der Waals surface area contributed by atoms with Crippen LogP contribution >= 0.6 is 11.8 Å². The lowest BCUT2D eigenvalue weighted by Crippen LogP contribution is -2.42. The number of likely N-dealkylation sites (tertiary alicyclic amines) is 1. The maximum atomic E-state index is 12.8. The van der Waals surface area contributed by atoms with Crippen LogP contribution in [0.25, 0.3) is 17.1 Å². The van der Waals surface area contributed by atoms with E-state index in [0.29, 0.717) is 11.8 Å². The number of piperidine rings is 1. The highest BCUT2D eigenvalue weighted by molar-refractivity contribution is 7.99. The lowest BCUT2D eigenvalue weighted by atomic mass is 10.0. The van der Waals surface area contributed by atoms with Crippen molar-refractivity contribution in [3.8, 4) is 17.1 Å². The number of benzene rings is 1. The van der Waals surface area contributed by atoms with Crippen molar-refractivity contribution < 1.29 is 4.79 Å². The van der Waals surface area contributed by atoms with Crippen molar-refractivity contribution in [2.24, 2.45) is 0 Å². The first-order valence-electron chi connectivity index (χ1n) is 10.4. The van der Waals surface area contributed by atoms with Gasteiger partial charge in [0.2, 0.25) is 5.91 Å². The SMILES string of the molecule is Cc1ccc(-n2c(SCC(=O)N3CCCC[C@H]3C)nnc2-c2ccncc2)cc1C.